The third-order valence-electron chi connectivity index (χ3n) is 4.11. The van der Waals surface area contributed by atoms with E-state index in [0.29, 0.717) is 5.65 Å². The van der Waals surface area contributed by atoms with Crippen LogP contribution in [0.1, 0.15) is 5.56 Å². The maximum Gasteiger partial charge on any atom is 0.345 e. The van der Waals surface area contributed by atoms with Crippen LogP contribution in [0, 0.1) is 6.92 Å². The fourth-order valence-electron chi connectivity index (χ4n) is 2.94. The fourth-order valence-corrected chi connectivity index (χ4v) is 2.94. The van der Waals surface area contributed by atoms with E-state index in [0.717, 1.165) is 16.6 Å². The van der Waals surface area contributed by atoms with E-state index >= 15 is 0 Å². The highest BCUT2D eigenvalue weighted by Crippen LogP contribution is 2.17. The summed E-state index contributed by atoms with van der Waals surface area (Å²) in [4.78, 5) is 12.7. The first-order valence-electron chi connectivity index (χ1n) is 7.40. The molecule has 23 heavy (non-hydrogen) atoms. The summed E-state index contributed by atoms with van der Waals surface area (Å²) in [7, 11) is 0. The second kappa shape index (κ2) is 4.95. The third kappa shape index (κ3) is 1.92. The smallest absolute Gasteiger partial charge is 0.345 e. The molecule has 0 saturated carbocycles. The topological polar surface area (TPSA) is 49.2 Å². The van der Waals surface area contributed by atoms with Crippen molar-refractivity contribution in [2.24, 2.45) is 0 Å². The molecule has 0 fully saturated rings. The molecular formula is C19H14N2O2. The Labute approximate surface area is 132 Å². The number of hydrogen-bond acceptors (Lipinski definition) is 2. The number of aromatic nitrogens is 2. The molecule has 0 amide bonds. The summed E-state index contributed by atoms with van der Waals surface area (Å²) in [5.41, 5.74) is 2.03. The van der Waals surface area contributed by atoms with Crippen LogP contribution in [-0.2, 0) is 0 Å². The molecule has 2 aromatic carbocycles. The van der Waals surface area contributed by atoms with Crippen molar-refractivity contribution >= 4 is 16.6 Å². The number of rotatable bonds is 1. The fraction of sp³-hybridized carbons (Fsp3) is 0.0526. The van der Waals surface area contributed by atoms with Crippen molar-refractivity contribution < 1.29 is 9.51 Å². The van der Waals surface area contributed by atoms with Crippen LogP contribution in [0.2, 0.25) is 0 Å². The van der Waals surface area contributed by atoms with Gasteiger partial charge in [0.25, 0.3) is 5.65 Å². The molecule has 0 aliphatic rings. The Bertz CT molecular complexity index is 1100. The van der Waals surface area contributed by atoms with E-state index in [1.165, 1.54) is 0 Å². The van der Waals surface area contributed by atoms with Crippen LogP contribution in [-0.4, -0.2) is 4.57 Å². The molecule has 0 saturated heterocycles. The van der Waals surface area contributed by atoms with Crippen molar-refractivity contribution in [1.29, 1.82) is 0 Å². The highest BCUT2D eigenvalue weighted by atomic mass is 16.3. The Morgan fingerprint density at radius 3 is 2.39 bits per heavy atom. The highest BCUT2D eigenvalue weighted by Gasteiger charge is 2.19. The lowest BCUT2D eigenvalue weighted by Crippen LogP contribution is -2.38. The molecule has 0 atom stereocenters. The summed E-state index contributed by atoms with van der Waals surface area (Å²) in [5.74, 6) is -0.269. The molecule has 4 aromatic rings. The van der Waals surface area contributed by atoms with Crippen molar-refractivity contribution in [1.82, 2.24) is 4.57 Å². The highest BCUT2D eigenvalue weighted by molar-refractivity contribution is 5.77. The minimum Gasteiger partial charge on any atom is -0.842 e. The lowest BCUT2D eigenvalue weighted by molar-refractivity contribution is -0.566. The summed E-state index contributed by atoms with van der Waals surface area (Å²) in [5, 5.41) is 13.7. The zero-order chi connectivity index (χ0) is 16.0. The van der Waals surface area contributed by atoms with Gasteiger partial charge in [-0.3, -0.25) is 0 Å². The Morgan fingerprint density at radius 2 is 1.61 bits per heavy atom. The molecule has 4 nitrogen and oxygen atoms in total. The van der Waals surface area contributed by atoms with Crippen LogP contribution >= 0.6 is 0 Å². The van der Waals surface area contributed by atoms with Gasteiger partial charge in [-0.2, -0.15) is 4.57 Å². The van der Waals surface area contributed by atoms with Crippen LogP contribution in [0.5, 0.6) is 5.88 Å². The molecule has 4 heteroatoms. The molecule has 0 aliphatic carbocycles. The summed E-state index contributed by atoms with van der Waals surface area (Å²) in [6.45, 7) is 1.58. The summed E-state index contributed by atoms with van der Waals surface area (Å²) < 4.78 is 3.20. The van der Waals surface area contributed by atoms with E-state index in [4.69, 9.17) is 0 Å². The van der Waals surface area contributed by atoms with Crippen molar-refractivity contribution in [3.8, 4) is 11.6 Å². The lowest BCUT2D eigenvalue weighted by atomic mass is 10.2. The number of fused-ring (bicyclic) bond motifs is 3. The van der Waals surface area contributed by atoms with Gasteiger partial charge in [-0.1, -0.05) is 36.4 Å². The van der Waals surface area contributed by atoms with Crippen LogP contribution in [0.3, 0.4) is 0 Å². The monoisotopic (exact) mass is 302 g/mol. The molecule has 0 bridgehead atoms. The van der Waals surface area contributed by atoms with Gasteiger partial charge in [0.1, 0.15) is 11.2 Å². The van der Waals surface area contributed by atoms with E-state index in [1.54, 1.807) is 15.9 Å². The maximum absolute atomic E-state index is 12.7. The molecule has 2 aromatic heterocycles. The average Bonchev–Trinajstić information content (AvgIpc) is 2.60. The van der Waals surface area contributed by atoms with Gasteiger partial charge in [-0.05, 0) is 31.2 Å². The quantitative estimate of drug-likeness (QED) is 0.399. The van der Waals surface area contributed by atoms with Gasteiger partial charge in [-0.15, -0.1) is 0 Å². The van der Waals surface area contributed by atoms with E-state index in [2.05, 4.69) is 0 Å². The predicted octanol–water partition coefficient (Wildman–Crippen LogP) is 2.11. The van der Waals surface area contributed by atoms with Gasteiger partial charge < -0.3 is 5.11 Å². The normalized spacial score (nSPS) is 11.2. The summed E-state index contributed by atoms with van der Waals surface area (Å²) in [6.07, 6.45) is 0. The standard InChI is InChI=1S/C19H14N2O2/c1-13-18(22)20(15-8-3-2-4-9-15)17-12-11-14-7-5-6-10-16(14)21(17)19(13)23/h2-12H,1H3. The Balaban J connectivity index is 2.28. The first kappa shape index (κ1) is 13.5. The van der Waals surface area contributed by atoms with Crippen LogP contribution in [0.15, 0.2) is 71.5 Å². The second-order valence-corrected chi connectivity index (χ2v) is 5.49. The van der Waals surface area contributed by atoms with E-state index in [-0.39, 0.29) is 17.0 Å². The van der Waals surface area contributed by atoms with Crippen LogP contribution < -0.4 is 15.1 Å². The Morgan fingerprint density at radius 1 is 0.913 bits per heavy atom. The van der Waals surface area contributed by atoms with Crippen LogP contribution in [0.25, 0.3) is 22.2 Å². The molecule has 0 aliphatic heterocycles. The number of nitrogens with zero attached hydrogens (tertiary/aromatic N) is 2. The van der Waals surface area contributed by atoms with Crippen molar-refractivity contribution in [3.05, 3.63) is 82.6 Å². The van der Waals surface area contributed by atoms with E-state index in [1.807, 2.05) is 66.7 Å². The maximum atomic E-state index is 12.7. The minimum absolute atomic E-state index is 0.211. The van der Waals surface area contributed by atoms with Gasteiger partial charge in [-0.25, -0.2) is 9.20 Å². The van der Waals surface area contributed by atoms with Gasteiger partial charge in [0.15, 0.2) is 0 Å². The summed E-state index contributed by atoms with van der Waals surface area (Å²) in [6, 6.07) is 20.8. The first-order valence-corrected chi connectivity index (χ1v) is 7.40. The first-order chi connectivity index (χ1) is 11.2. The number of para-hydroxylation sites is 2. The van der Waals surface area contributed by atoms with Gasteiger partial charge in [0, 0.05) is 11.5 Å². The molecule has 0 radical (unpaired) electrons. The van der Waals surface area contributed by atoms with E-state index in [9.17, 15) is 9.90 Å². The van der Waals surface area contributed by atoms with Crippen molar-refractivity contribution in [3.63, 3.8) is 0 Å². The lowest BCUT2D eigenvalue weighted by Gasteiger charge is -2.14. The molecule has 0 spiro atoms. The predicted molar refractivity (Wildman–Crippen MR) is 86.9 cm³/mol. The largest absolute Gasteiger partial charge is 0.842 e. The third-order valence-corrected chi connectivity index (χ3v) is 4.11. The molecular weight excluding hydrogens is 288 g/mol. The Hall–Kier alpha value is -3.14. The molecule has 0 unspecified atom stereocenters. The molecule has 0 N–H and O–H groups in total. The SMILES string of the molecule is Cc1c([O-])[n+]2c3ccccc3ccc2n(-c2ccccc2)c1=O. The molecule has 2 heterocycles. The Kier molecular flexibility index (Phi) is 2.91. The molecule has 4 rings (SSSR count). The zero-order valence-corrected chi connectivity index (χ0v) is 12.6. The van der Waals surface area contributed by atoms with Gasteiger partial charge >= 0.3 is 5.56 Å². The zero-order valence-electron chi connectivity index (χ0n) is 12.6. The van der Waals surface area contributed by atoms with Crippen molar-refractivity contribution in [2.75, 3.05) is 0 Å². The van der Waals surface area contributed by atoms with E-state index < -0.39 is 0 Å². The van der Waals surface area contributed by atoms with Gasteiger partial charge in [0.2, 0.25) is 0 Å². The van der Waals surface area contributed by atoms with Crippen LogP contribution in [0.4, 0.5) is 0 Å². The number of benzene rings is 2. The van der Waals surface area contributed by atoms with Gasteiger partial charge in [0.05, 0.1) is 11.4 Å². The molecule has 112 valence electrons. The average molecular weight is 302 g/mol. The second-order valence-electron chi connectivity index (χ2n) is 5.49. The number of hydrogen-bond donors (Lipinski definition) is 0. The number of pyridine rings is 1. The minimum atomic E-state index is -0.281. The summed E-state index contributed by atoms with van der Waals surface area (Å²) >= 11 is 0. The van der Waals surface area contributed by atoms with Crippen molar-refractivity contribution in [2.45, 2.75) is 6.92 Å².